The van der Waals surface area contributed by atoms with Crippen molar-refractivity contribution in [1.82, 2.24) is 5.32 Å². The fourth-order valence-corrected chi connectivity index (χ4v) is 1.81. The Balaban J connectivity index is 2.50. The Hall–Kier alpha value is -0.730. The third-order valence-electron chi connectivity index (χ3n) is 2.93. The summed E-state index contributed by atoms with van der Waals surface area (Å²) in [5.74, 6) is -0.285. The van der Waals surface area contributed by atoms with Crippen molar-refractivity contribution in [3.05, 3.63) is 0 Å². The SMILES string of the molecule is CCCCC(=O)N[C@H]1O[C@@H]([C@H](O)CO)[C@H](O)[C@H]1O. The summed E-state index contributed by atoms with van der Waals surface area (Å²) in [6, 6.07) is 0. The molecule has 0 aromatic heterocycles. The normalized spacial score (nSPS) is 33.4. The summed E-state index contributed by atoms with van der Waals surface area (Å²) in [6.07, 6.45) is -4.22. The molecule has 7 heteroatoms. The average molecular weight is 263 g/mol. The molecule has 0 radical (unpaired) electrons. The van der Waals surface area contributed by atoms with Gasteiger partial charge in [0, 0.05) is 6.42 Å². The van der Waals surface area contributed by atoms with E-state index < -0.39 is 37.3 Å². The van der Waals surface area contributed by atoms with Crippen LogP contribution in [0.2, 0.25) is 0 Å². The highest BCUT2D eigenvalue weighted by Gasteiger charge is 2.46. The van der Waals surface area contributed by atoms with Crippen molar-refractivity contribution >= 4 is 5.91 Å². The van der Waals surface area contributed by atoms with Gasteiger partial charge in [-0.25, -0.2) is 0 Å². The zero-order chi connectivity index (χ0) is 13.7. The lowest BCUT2D eigenvalue weighted by Crippen LogP contribution is -2.44. The second-order valence-electron chi connectivity index (χ2n) is 4.42. The van der Waals surface area contributed by atoms with Crippen LogP contribution in [-0.4, -0.2) is 63.6 Å². The summed E-state index contributed by atoms with van der Waals surface area (Å²) in [5.41, 5.74) is 0. The Kier molecular flexibility index (Phi) is 5.97. The molecule has 7 nitrogen and oxygen atoms in total. The van der Waals surface area contributed by atoms with Crippen LogP contribution in [0.5, 0.6) is 0 Å². The van der Waals surface area contributed by atoms with E-state index in [9.17, 15) is 20.1 Å². The summed E-state index contributed by atoms with van der Waals surface area (Å²) in [6.45, 7) is 1.36. The topological polar surface area (TPSA) is 119 Å². The van der Waals surface area contributed by atoms with Crippen LogP contribution < -0.4 is 5.32 Å². The quantitative estimate of drug-likeness (QED) is 0.381. The first kappa shape index (κ1) is 15.3. The Morgan fingerprint density at radius 1 is 1.39 bits per heavy atom. The van der Waals surface area contributed by atoms with Gasteiger partial charge in [-0.1, -0.05) is 13.3 Å². The smallest absolute Gasteiger partial charge is 0.222 e. The number of carbonyl (C=O) groups is 1. The number of aliphatic hydroxyl groups is 4. The van der Waals surface area contributed by atoms with Crippen LogP contribution in [0.4, 0.5) is 0 Å². The highest BCUT2D eigenvalue weighted by Crippen LogP contribution is 2.22. The van der Waals surface area contributed by atoms with Gasteiger partial charge in [-0.05, 0) is 6.42 Å². The minimum atomic E-state index is -1.34. The van der Waals surface area contributed by atoms with Gasteiger partial charge in [0.05, 0.1) is 6.61 Å². The average Bonchev–Trinajstić information content (AvgIpc) is 2.64. The highest BCUT2D eigenvalue weighted by atomic mass is 16.6. The molecule has 0 unspecified atom stereocenters. The molecule has 106 valence electrons. The Morgan fingerprint density at radius 3 is 2.61 bits per heavy atom. The Bertz CT molecular complexity index is 274. The zero-order valence-corrected chi connectivity index (χ0v) is 10.3. The summed E-state index contributed by atoms with van der Waals surface area (Å²) < 4.78 is 5.15. The molecule has 1 aliphatic heterocycles. The van der Waals surface area contributed by atoms with Gasteiger partial charge in [0.2, 0.25) is 5.91 Å². The zero-order valence-electron chi connectivity index (χ0n) is 10.3. The number of amides is 1. The number of unbranched alkanes of at least 4 members (excludes halogenated alkanes) is 1. The molecule has 1 heterocycles. The lowest BCUT2D eigenvalue weighted by molar-refractivity contribution is -0.129. The number of ether oxygens (including phenoxy) is 1. The van der Waals surface area contributed by atoms with E-state index in [2.05, 4.69) is 5.32 Å². The van der Waals surface area contributed by atoms with E-state index in [0.717, 1.165) is 12.8 Å². The molecular formula is C11H21NO6. The van der Waals surface area contributed by atoms with Crippen LogP contribution in [0.1, 0.15) is 26.2 Å². The standard InChI is InChI=1S/C11H21NO6/c1-2-3-4-7(15)12-11-9(17)8(16)10(18-11)6(14)5-13/h6,8-11,13-14,16-17H,2-5H2,1H3,(H,12,15)/t6-,8-,9-,10+,11+/m1/s1. The molecule has 0 saturated carbocycles. The van der Waals surface area contributed by atoms with Crippen molar-refractivity contribution in [2.24, 2.45) is 0 Å². The first-order valence-electron chi connectivity index (χ1n) is 6.11. The second-order valence-corrected chi connectivity index (χ2v) is 4.42. The van der Waals surface area contributed by atoms with Crippen molar-refractivity contribution in [2.75, 3.05) is 6.61 Å². The van der Waals surface area contributed by atoms with Crippen LogP contribution in [0.3, 0.4) is 0 Å². The van der Waals surface area contributed by atoms with Gasteiger partial charge in [0.1, 0.15) is 24.4 Å². The lowest BCUT2D eigenvalue weighted by atomic mass is 10.1. The molecule has 1 aliphatic rings. The molecule has 1 fully saturated rings. The molecule has 0 aliphatic carbocycles. The van der Waals surface area contributed by atoms with Crippen LogP contribution in [0.15, 0.2) is 0 Å². The van der Waals surface area contributed by atoms with E-state index in [1.54, 1.807) is 0 Å². The maximum atomic E-state index is 11.5. The van der Waals surface area contributed by atoms with Crippen molar-refractivity contribution in [2.45, 2.75) is 56.8 Å². The van der Waals surface area contributed by atoms with E-state index in [1.165, 1.54) is 0 Å². The third-order valence-corrected chi connectivity index (χ3v) is 2.93. The fraction of sp³-hybridized carbons (Fsp3) is 0.909. The van der Waals surface area contributed by atoms with Gasteiger partial charge in [0.25, 0.3) is 0 Å². The molecule has 0 bridgehead atoms. The predicted molar refractivity (Wildman–Crippen MR) is 61.4 cm³/mol. The molecule has 5 N–H and O–H groups in total. The third kappa shape index (κ3) is 3.63. The van der Waals surface area contributed by atoms with Gasteiger partial charge in [-0.2, -0.15) is 0 Å². The molecular weight excluding hydrogens is 242 g/mol. The van der Waals surface area contributed by atoms with Crippen LogP contribution in [0, 0.1) is 0 Å². The molecule has 1 saturated heterocycles. The highest BCUT2D eigenvalue weighted by molar-refractivity contribution is 5.76. The van der Waals surface area contributed by atoms with Gasteiger partial charge in [-0.15, -0.1) is 0 Å². The monoisotopic (exact) mass is 263 g/mol. The van der Waals surface area contributed by atoms with Gasteiger partial charge < -0.3 is 30.5 Å². The van der Waals surface area contributed by atoms with Gasteiger partial charge in [0.15, 0.2) is 6.23 Å². The summed E-state index contributed by atoms with van der Waals surface area (Å²) in [5, 5.41) is 39.9. The first-order valence-corrected chi connectivity index (χ1v) is 6.11. The lowest BCUT2D eigenvalue weighted by Gasteiger charge is -2.18. The molecule has 0 aromatic carbocycles. The van der Waals surface area contributed by atoms with Crippen LogP contribution >= 0.6 is 0 Å². The van der Waals surface area contributed by atoms with Crippen LogP contribution in [-0.2, 0) is 9.53 Å². The first-order chi connectivity index (χ1) is 8.51. The predicted octanol–water partition coefficient (Wildman–Crippen LogP) is -1.91. The molecule has 0 aromatic rings. The number of nitrogens with one attached hydrogen (secondary N) is 1. The maximum absolute atomic E-state index is 11.5. The second kappa shape index (κ2) is 7.01. The minimum absolute atomic E-state index is 0.285. The van der Waals surface area contributed by atoms with Crippen molar-refractivity contribution in [3.63, 3.8) is 0 Å². The molecule has 0 spiro atoms. The minimum Gasteiger partial charge on any atom is -0.394 e. The molecule has 1 rings (SSSR count). The summed E-state index contributed by atoms with van der Waals surface area (Å²) >= 11 is 0. The largest absolute Gasteiger partial charge is 0.394 e. The fourth-order valence-electron chi connectivity index (χ4n) is 1.81. The van der Waals surface area contributed by atoms with E-state index in [-0.39, 0.29) is 5.91 Å². The summed E-state index contributed by atoms with van der Waals surface area (Å²) in [4.78, 5) is 11.5. The molecule has 1 amide bonds. The van der Waals surface area contributed by atoms with Gasteiger partial charge in [-0.3, -0.25) is 4.79 Å². The van der Waals surface area contributed by atoms with Crippen molar-refractivity contribution in [1.29, 1.82) is 0 Å². The van der Waals surface area contributed by atoms with E-state index >= 15 is 0 Å². The molecule has 5 atom stereocenters. The summed E-state index contributed by atoms with van der Waals surface area (Å²) in [7, 11) is 0. The van der Waals surface area contributed by atoms with E-state index in [4.69, 9.17) is 9.84 Å². The van der Waals surface area contributed by atoms with Crippen molar-refractivity contribution in [3.8, 4) is 0 Å². The number of carbonyl (C=O) groups excluding carboxylic acids is 1. The Labute approximate surface area is 105 Å². The maximum Gasteiger partial charge on any atom is 0.222 e. The van der Waals surface area contributed by atoms with E-state index in [0.29, 0.717) is 6.42 Å². The van der Waals surface area contributed by atoms with E-state index in [1.807, 2.05) is 6.92 Å². The number of hydrogen-bond donors (Lipinski definition) is 5. The number of hydrogen-bond acceptors (Lipinski definition) is 6. The Morgan fingerprint density at radius 2 is 2.06 bits per heavy atom. The number of rotatable bonds is 6. The number of aliphatic hydroxyl groups excluding tert-OH is 4. The van der Waals surface area contributed by atoms with Crippen LogP contribution in [0.25, 0.3) is 0 Å². The molecule has 18 heavy (non-hydrogen) atoms. The van der Waals surface area contributed by atoms with Crippen molar-refractivity contribution < 1.29 is 30.0 Å². The van der Waals surface area contributed by atoms with Gasteiger partial charge >= 0.3 is 0 Å².